The van der Waals surface area contributed by atoms with Crippen LogP contribution in [-0.4, -0.2) is 29.1 Å². The summed E-state index contributed by atoms with van der Waals surface area (Å²) in [6, 6.07) is 6.70. The molecule has 0 aliphatic carbocycles. The van der Waals surface area contributed by atoms with Crippen molar-refractivity contribution in [2.45, 2.75) is 32.7 Å². The van der Waals surface area contributed by atoms with E-state index in [1.807, 2.05) is 19.9 Å². The minimum Gasteiger partial charge on any atom is -0.368 e. The molecular formula is C17H21FN4. The van der Waals surface area contributed by atoms with Crippen molar-refractivity contribution >= 4 is 5.69 Å². The lowest BCUT2D eigenvalue weighted by molar-refractivity contribution is 0.499. The Balaban J connectivity index is 1.95. The number of halogens is 1. The number of rotatable bonds is 2. The molecule has 0 saturated carbocycles. The van der Waals surface area contributed by atoms with Crippen LogP contribution in [0.5, 0.6) is 0 Å². The van der Waals surface area contributed by atoms with Crippen molar-refractivity contribution in [2.75, 3.05) is 18.0 Å². The van der Waals surface area contributed by atoms with Crippen molar-refractivity contribution in [1.29, 1.82) is 0 Å². The highest BCUT2D eigenvalue weighted by Gasteiger charge is 2.21. The fourth-order valence-corrected chi connectivity index (χ4v) is 3.05. The third-order valence-corrected chi connectivity index (χ3v) is 4.17. The molecule has 0 radical (unpaired) electrons. The van der Waals surface area contributed by atoms with Crippen molar-refractivity contribution in [3.8, 4) is 11.4 Å². The van der Waals surface area contributed by atoms with Crippen molar-refractivity contribution < 1.29 is 4.39 Å². The number of nitrogens with two attached hydrogens (primary N) is 1. The van der Waals surface area contributed by atoms with Crippen LogP contribution in [0.2, 0.25) is 0 Å². The lowest BCUT2D eigenvalue weighted by Gasteiger charge is -2.33. The van der Waals surface area contributed by atoms with Crippen LogP contribution >= 0.6 is 0 Å². The van der Waals surface area contributed by atoms with Gasteiger partial charge in [0.25, 0.3) is 0 Å². The maximum Gasteiger partial charge on any atom is 0.159 e. The number of piperidine rings is 1. The molecule has 1 aromatic heterocycles. The molecule has 0 atom stereocenters. The first kappa shape index (κ1) is 14.9. The predicted octanol–water partition coefficient (Wildman–Crippen LogP) is 2.83. The molecule has 2 heterocycles. The third-order valence-electron chi connectivity index (χ3n) is 4.17. The number of nitrogens with zero attached hydrogens (tertiary/aromatic N) is 3. The van der Waals surface area contributed by atoms with Gasteiger partial charge in [0.2, 0.25) is 0 Å². The Hall–Kier alpha value is -2.01. The van der Waals surface area contributed by atoms with E-state index in [1.54, 1.807) is 6.07 Å². The van der Waals surface area contributed by atoms with E-state index in [1.165, 1.54) is 12.1 Å². The standard InChI is InChI=1S/C17H21FN4/c1-11-16(22-8-6-15(19)7-9-22)12(2)21-17(20-11)13-4-3-5-14(18)10-13/h3-5,10,15H,6-9,19H2,1-2H3. The van der Waals surface area contributed by atoms with Crippen LogP contribution in [-0.2, 0) is 0 Å². The van der Waals surface area contributed by atoms with E-state index in [0.717, 1.165) is 43.0 Å². The van der Waals surface area contributed by atoms with Gasteiger partial charge in [-0.15, -0.1) is 0 Å². The number of aryl methyl sites for hydroxylation is 2. The van der Waals surface area contributed by atoms with E-state index < -0.39 is 0 Å². The van der Waals surface area contributed by atoms with E-state index in [9.17, 15) is 4.39 Å². The summed E-state index contributed by atoms with van der Waals surface area (Å²) in [5.74, 6) is 0.303. The topological polar surface area (TPSA) is 55.0 Å². The molecule has 0 bridgehead atoms. The fourth-order valence-electron chi connectivity index (χ4n) is 3.05. The molecule has 2 aromatic rings. The maximum absolute atomic E-state index is 13.4. The van der Waals surface area contributed by atoms with Crippen molar-refractivity contribution in [3.05, 3.63) is 41.5 Å². The summed E-state index contributed by atoms with van der Waals surface area (Å²) in [6.07, 6.45) is 1.98. The zero-order valence-electron chi connectivity index (χ0n) is 13.0. The van der Waals surface area contributed by atoms with Gasteiger partial charge < -0.3 is 10.6 Å². The highest BCUT2D eigenvalue weighted by Crippen LogP contribution is 2.28. The maximum atomic E-state index is 13.4. The molecule has 5 heteroatoms. The van der Waals surface area contributed by atoms with E-state index in [2.05, 4.69) is 14.9 Å². The van der Waals surface area contributed by atoms with Crippen molar-refractivity contribution in [3.63, 3.8) is 0 Å². The number of benzene rings is 1. The van der Waals surface area contributed by atoms with Crippen LogP contribution in [0.3, 0.4) is 0 Å². The molecule has 4 nitrogen and oxygen atoms in total. The van der Waals surface area contributed by atoms with E-state index in [4.69, 9.17) is 5.73 Å². The van der Waals surface area contributed by atoms with Crippen LogP contribution in [0.4, 0.5) is 10.1 Å². The first-order chi connectivity index (χ1) is 10.5. The zero-order chi connectivity index (χ0) is 15.7. The van der Waals surface area contributed by atoms with Gasteiger partial charge in [-0.3, -0.25) is 0 Å². The smallest absolute Gasteiger partial charge is 0.159 e. The Morgan fingerprint density at radius 1 is 1.14 bits per heavy atom. The van der Waals surface area contributed by atoms with Crippen LogP contribution in [0.15, 0.2) is 24.3 Å². The van der Waals surface area contributed by atoms with E-state index in [0.29, 0.717) is 17.4 Å². The fraction of sp³-hybridized carbons (Fsp3) is 0.412. The molecule has 0 amide bonds. The molecule has 0 unspecified atom stereocenters. The van der Waals surface area contributed by atoms with Crippen LogP contribution < -0.4 is 10.6 Å². The number of aromatic nitrogens is 2. The first-order valence-electron chi connectivity index (χ1n) is 7.66. The molecule has 3 rings (SSSR count). The van der Waals surface area contributed by atoms with Gasteiger partial charge in [-0.25, -0.2) is 14.4 Å². The summed E-state index contributed by atoms with van der Waals surface area (Å²) in [4.78, 5) is 11.5. The lowest BCUT2D eigenvalue weighted by atomic mass is 10.0. The van der Waals surface area contributed by atoms with Gasteiger partial charge in [-0.1, -0.05) is 12.1 Å². The molecule has 116 valence electrons. The lowest BCUT2D eigenvalue weighted by Crippen LogP contribution is -2.40. The molecule has 1 aliphatic heterocycles. The van der Waals surface area contributed by atoms with Gasteiger partial charge in [-0.2, -0.15) is 0 Å². The second-order valence-electron chi connectivity index (χ2n) is 5.90. The van der Waals surface area contributed by atoms with E-state index in [-0.39, 0.29) is 5.82 Å². The largest absolute Gasteiger partial charge is 0.368 e. The Bertz CT molecular complexity index is 655. The van der Waals surface area contributed by atoms with Gasteiger partial charge in [-0.05, 0) is 38.8 Å². The Kier molecular flexibility index (Phi) is 4.07. The summed E-state index contributed by atoms with van der Waals surface area (Å²) >= 11 is 0. The summed E-state index contributed by atoms with van der Waals surface area (Å²) < 4.78 is 13.4. The summed E-state index contributed by atoms with van der Waals surface area (Å²) in [6.45, 7) is 5.85. The van der Waals surface area contributed by atoms with Gasteiger partial charge in [0.1, 0.15) is 5.82 Å². The third kappa shape index (κ3) is 2.95. The molecule has 1 fully saturated rings. The normalized spacial score (nSPS) is 16.1. The molecule has 1 aliphatic rings. The molecule has 2 N–H and O–H groups in total. The Labute approximate surface area is 130 Å². The monoisotopic (exact) mass is 300 g/mol. The average Bonchev–Trinajstić information content (AvgIpc) is 2.48. The molecule has 1 aromatic carbocycles. The highest BCUT2D eigenvalue weighted by atomic mass is 19.1. The van der Waals surface area contributed by atoms with Gasteiger partial charge in [0, 0.05) is 24.7 Å². The molecule has 0 spiro atoms. The Morgan fingerprint density at radius 2 is 1.77 bits per heavy atom. The number of hydrogen-bond acceptors (Lipinski definition) is 4. The molecule has 1 saturated heterocycles. The van der Waals surface area contributed by atoms with Crippen LogP contribution in [0.1, 0.15) is 24.2 Å². The van der Waals surface area contributed by atoms with Crippen molar-refractivity contribution in [2.24, 2.45) is 5.73 Å². The second-order valence-corrected chi connectivity index (χ2v) is 5.90. The summed E-state index contributed by atoms with van der Waals surface area (Å²) in [5, 5.41) is 0. The van der Waals surface area contributed by atoms with E-state index >= 15 is 0 Å². The zero-order valence-corrected chi connectivity index (χ0v) is 13.0. The van der Waals surface area contributed by atoms with Crippen LogP contribution in [0.25, 0.3) is 11.4 Å². The van der Waals surface area contributed by atoms with Gasteiger partial charge >= 0.3 is 0 Å². The van der Waals surface area contributed by atoms with Crippen molar-refractivity contribution in [1.82, 2.24) is 9.97 Å². The Morgan fingerprint density at radius 3 is 2.36 bits per heavy atom. The minimum atomic E-state index is -0.273. The molecule has 22 heavy (non-hydrogen) atoms. The SMILES string of the molecule is Cc1nc(-c2cccc(F)c2)nc(C)c1N1CCC(N)CC1. The minimum absolute atomic E-state index is 0.273. The predicted molar refractivity (Wildman–Crippen MR) is 86.3 cm³/mol. The summed E-state index contributed by atoms with van der Waals surface area (Å²) in [5.41, 5.74) is 9.63. The van der Waals surface area contributed by atoms with Crippen LogP contribution in [0, 0.1) is 19.7 Å². The molecular weight excluding hydrogens is 279 g/mol. The highest BCUT2D eigenvalue weighted by molar-refractivity contribution is 5.61. The second kappa shape index (κ2) is 6.01. The number of hydrogen-bond donors (Lipinski definition) is 1. The summed E-state index contributed by atoms with van der Waals surface area (Å²) in [7, 11) is 0. The average molecular weight is 300 g/mol. The number of anilines is 1. The van der Waals surface area contributed by atoms with Gasteiger partial charge in [0.15, 0.2) is 5.82 Å². The quantitative estimate of drug-likeness (QED) is 0.926. The first-order valence-corrected chi connectivity index (χ1v) is 7.66. The van der Waals surface area contributed by atoms with Gasteiger partial charge in [0.05, 0.1) is 17.1 Å².